The SMILES string of the molecule is N#Cc1ccc(F)cc1CS(=O)c1ccc(C(=O)O)cc1. The summed E-state index contributed by atoms with van der Waals surface area (Å²) in [4.78, 5) is 11.2. The molecule has 0 saturated carbocycles. The van der Waals surface area contributed by atoms with E-state index in [0.29, 0.717) is 10.5 Å². The highest BCUT2D eigenvalue weighted by atomic mass is 32.2. The molecule has 0 radical (unpaired) electrons. The first-order valence-corrected chi connectivity index (χ1v) is 7.23. The van der Waals surface area contributed by atoms with Gasteiger partial charge in [-0.05, 0) is 48.0 Å². The van der Waals surface area contributed by atoms with Gasteiger partial charge in [-0.1, -0.05) is 0 Å². The van der Waals surface area contributed by atoms with Crippen LogP contribution in [-0.4, -0.2) is 15.3 Å². The number of hydrogen-bond acceptors (Lipinski definition) is 3. The molecule has 2 aromatic rings. The highest BCUT2D eigenvalue weighted by molar-refractivity contribution is 7.84. The largest absolute Gasteiger partial charge is 0.478 e. The van der Waals surface area contributed by atoms with Crippen LogP contribution < -0.4 is 0 Å². The number of rotatable bonds is 4. The van der Waals surface area contributed by atoms with Crippen LogP contribution in [0.15, 0.2) is 47.4 Å². The smallest absolute Gasteiger partial charge is 0.335 e. The summed E-state index contributed by atoms with van der Waals surface area (Å²) in [5.41, 5.74) is 0.726. The fraction of sp³-hybridized carbons (Fsp3) is 0.0667. The molecule has 0 spiro atoms. The number of aromatic carboxylic acids is 1. The lowest BCUT2D eigenvalue weighted by molar-refractivity contribution is 0.0697. The summed E-state index contributed by atoms with van der Waals surface area (Å²) in [7, 11) is -1.49. The molecule has 2 rings (SSSR count). The van der Waals surface area contributed by atoms with Gasteiger partial charge in [-0.2, -0.15) is 5.26 Å². The van der Waals surface area contributed by atoms with Crippen molar-refractivity contribution >= 4 is 16.8 Å². The number of hydrogen-bond donors (Lipinski definition) is 1. The van der Waals surface area contributed by atoms with Gasteiger partial charge in [0.15, 0.2) is 0 Å². The second-order valence-corrected chi connectivity index (χ2v) is 5.68. The maximum absolute atomic E-state index is 13.2. The first-order valence-electron chi connectivity index (χ1n) is 5.91. The van der Waals surface area contributed by atoms with Crippen molar-refractivity contribution in [2.45, 2.75) is 10.6 Å². The fourth-order valence-corrected chi connectivity index (χ4v) is 2.89. The van der Waals surface area contributed by atoms with Crippen molar-refractivity contribution in [3.8, 4) is 6.07 Å². The van der Waals surface area contributed by atoms with Gasteiger partial charge < -0.3 is 5.11 Å². The van der Waals surface area contributed by atoms with Crippen LogP contribution in [0.25, 0.3) is 0 Å². The first-order chi connectivity index (χ1) is 10.0. The number of halogens is 1. The molecule has 1 unspecified atom stereocenters. The van der Waals surface area contributed by atoms with Gasteiger partial charge in [0.25, 0.3) is 0 Å². The molecule has 1 atom stereocenters. The Hall–Kier alpha value is -2.52. The molecule has 0 aliphatic carbocycles. The fourth-order valence-electron chi connectivity index (χ4n) is 1.76. The topological polar surface area (TPSA) is 78.2 Å². The first kappa shape index (κ1) is 14.9. The monoisotopic (exact) mass is 303 g/mol. The van der Waals surface area contributed by atoms with Gasteiger partial charge in [0.1, 0.15) is 5.82 Å². The van der Waals surface area contributed by atoms with E-state index in [1.165, 1.54) is 42.5 Å². The van der Waals surface area contributed by atoms with E-state index in [0.717, 1.165) is 0 Å². The number of carboxylic acids is 1. The summed E-state index contributed by atoms with van der Waals surface area (Å²) in [5.74, 6) is -1.57. The third-order valence-electron chi connectivity index (χ3n) is 2.84. The molecule has 0 fully saturated rings. The van der Waals surface area contributed by atoms with Crippen molar-refractivity contribution < 1.29 is 18.5 Å². The zero-order valence-corrected chi connectivity index (χ0v) is 11.6. The van der Waals surface area contributed by atoms with Crippen LogP contribution in [0.4, 0.5) is 4.39 Å². The van der Waals surface area contributed by atoms with E-state index < -0.39 is 22.6 Å². The Morgan fingerprint density at radius 2 is 1.90 bits per heavy atom. The van der Waals surface area contributed by atoms with Gasteiger partial charge >= 0.3 is 5.97 Å². The predicted molar refractivity (Wildman–Crippen MR) is 74.6 cm³/mol. The second kappa shape index (κ2) is 6.29. The lowest BCUT2D eigenvalue weighted by Crippen LogP contribution is -2.01. The molecule has 0 heterocycles. The van der Waals surface area contributed by atoms with Gasteiger partial charge in [0, 0.05) is 4.90 Å². The van der Waals surface area contributed by atoms with Crippen molar-refractivity contribution in [2.75, 3.05) is 0 Å². The molecule has 6 heteroatoms. The lowest BCUT2D eigenvalue weighted by atomic mass is 10.1. The minimum absolute atomic E-state index is 0.00687. The van der Waals surface area contributed by atoms with Crippen molar-refractivity contribution in [1.29, 1.82) is 5.26 Å². The maximum Gasteiger partial charge on any atom is 0.335 e. The normalized spacial score (nSPS) is 11.6. The third-order valence-corrected chi connectivity index (χ3v) is 4.21. The van der Waals surface area contributed by atoms with Gasteiger partial charge in [-0.15, -0.1) is 0 Å². The molecule has 0 saturated heterocycles. The molecule has 0 aliphatic heterocycles. The number of carbonyl (C=O) groups is 1. The van der Waals surface area contributed by atoms with Gasteiger partial charge in [0.05, 0.1) is 33.7 Å². The summed E-state index contributed by atoms with van der Waals surface area (Å²) in [6.45, 7) is 0. The summed E-state index contributed by atoms with van der Waals surface area (Å²) in [6, 6.07) is 11.2. The highest BCUT2D eigenvalue weighted by Crippen LogP contribution is 2.17. The quantitative estimate of drug-likeness (QED) is 0.942. The van der Waals surface area contributed by atoms with Crippen LogP contribution >= 0.6 is 0 Å². The standard InChI is InChI=1S/C15H10FNO3S/c16-13-4-1-11(8-17)12(7-13)9-21(20)14-5-2-10(3-6-14)15(18)19/h1-7H,9H2,(H,18,19). The van der Waals surface area contributed by atoms with E-state index >= 15 is 0 Å². The van der Waals surface area contributed by atoms with Crippen LogP contribution in [0, 0.1) is 17.1 Å². The van der Waals surface area contributed by atoms with Crippen molar-refractivity contribution in [1.82, 2.24) is 0 Å². The molecule has 1 N–H and O–H groups in total. The maximum atomic E-state index is 13.2. The number of carboxylic acid groups (broad SMARTS) is 1. The Balaban J connectivity index is 2.24. The summed E-state index contributed by atoms with van der Waals surface area (Å²) < 4.78 is 25.4. The third kappa shape index (κ3) is 3.52. The van der Waals surface area contributed by atoms with E-state index in [1.807, 2.05) is 6.07 Å². The van der Waals surface area contributed by atoms with Crippen molar-refractivity contribution in [3.63, 3.8) is 0 Å². The van der Waals surface area contributed by atoms with E-state index in [-0.39, 0.29) is 16.9 Å². The molecule has 21 heavy (non-hydrogen) atoms. The van der Waals surface area contributed by atoms with Crippen molar-refractivity contribution in [2.24, 2.45) is 0 Å². The Labute approximate surface area is 122 Å². The van der Waals surface area contributed by atoms with Crippen molar-refractivity contribution in [3.05, 3.63) is 65.0 Å². The van der Waals surface area contributed by atoms with E-state index in [1.54, 1.807) is 0 Å². The van der Waals surface area contributed by atoms with Gasteiger partial charge in [-0.3, -0.25) is 4.21 Å². The van der Waals surface area contributed by atoms with Crippen LogP contribution in [0.2, 0.25) is 0 Å². The number of benzene rings is 2. The molecule has 0 bridgehead atoms. The average Bonchev–Trinajstić information content (AvgIpc) is 2.47. The van der Waals surface area contributed by atoms with Crippen LogP contribution in [0.1, 0.15) is 21.5 Å². The Morgan fingerprint density at radius 3 is 2.48 bits per heavy atom. The highest BCUT2D eigenvalue weighted by Gasteiger charge is 2.11. The molecular formula is C15H10FNO3S. The molecule has 106 valence electrons. The average molecular weight is 303 g/mol. The molecular weight excluding hydrogens is 293 g/mol. The second-order valence-electron chi connectivity index (χ2n) is 4.23. The zero-order valence-electron chi connectivity index (χ0n) is 10.7. The molecule has 0 aromatic heterocycles. The molecule has 0 aliphatic rings. The van der Waals surface area contributed by atoms with Crippen LogP contribution in [0.3, 0.4) is 0 Å². The number of nitriles is 1. The summed E-state index contributed by atoms with van der Waals surface area (Å²) >= 11 is 0. The van der Waals surface area contributed by atoms with Crippen LogP contribution in [0.5, 0.6) is 0 Å². The Kier molecular flexibility index (Phi) is 4.45. The van der Waals surface area contributed by atoms with Gasteiger partial charge in [-0.25, -0.2) is 9.18 Å². The molecule has 4 nitrogen and oxygen atoms in total. The predicted octanol–water partition coefficient (Wildman–Crippen LogP) is 2.70. The van der Waals surface area contributed by atoms with E-state index in [4.69, 9.17) is 10.4 Å². The zero-order chi connectivity index (χ0) is 15.4. The Morgan fingerprint density at radius 1 is 1.24 bits per heavy atom. The summed E-state index contributed by atoms with van der Waals surface area (Å²) in [6.07, 6.45) is 0. The minimum Gasteiger partial charge on any atom is -0.478 e. The lowest BCUT2D eigenvalue weighted by Gasteiger charge is -2.05. The molecule has 0 amide bonds. The number of nitrogens with zero attached hydrogens (tertiary/aromatic N) is 1. The minimum atomic E-state index is -1.49. The van der Waals surface area contributed by atoms with Gasteiger partial charge in [0.2, 0.25) is 0 Å². The Bertz CT molecular complexity index is 751. The summed E-state index contributed by atoms with van der Waals surface area (Å²) in [5, 5.41) is 17.7. The van der Waals surface area contributed by atoms with Crippen LogP contribution in [-0.2, 0) is 16.6 Å². The van der Waals surface area contributed by atoms with E-state index in [2.05, 4.69) is 0 Å². The van der Waals surface area contributed by atoms with E-state index in [9.17, 15) is 13.4 Å². The molecule has 2 aromatic carbocycles.